The van der Waals surface area contributed by atoms with Gasteiger partial charge >= 0.3 is 0 Å². The van der Waals surface area contributed by atoms with Gasteiger partial charge in [0, 0.05) is 12.7 Å². The van der Waals surface area contributed by atoms with Crippen LogP contribution in [0.15, 0.2) is 24.3 Å². The standard InChI is InChI=1S/C9H13NO3S/c1-13-7-8-5-3-4-6-9(8)10-14(2,11)12/h3-6,10H,7H2,1-2H3. The first-order valence-corrected chi connectivity index (χ1v) is 5.96. The van der Waals surface area contributed by atoms with Crippen molar-refractivity contribution in [3.8, 4) is 0 Å². The Labute approximate surface area is 84.0 Å². The largest absolute Gasteiger partial charge is 0.380 e. The van der Waals surface area contributed by atoms with Crippen LogP contribution < -0.4 is 4.72 Å². The van der Waals surface area contributed by atoms with Gasteiger partial charge in [-0.05, 0) is 6.07 Å². The summed E-state index contributed by atoms with van der Waals surface area (Å²) >= 11 is 0. The Morgan fingerprint density at radius 1 is 1.36 bits per heavy atom. The minimum absolute atomic E-state index is 0.388. The van der Waals surface area contributed by atoms with E-state index in [0.29, 0.717) is 12.3 Å². The van der Waals surface area contributed by atoms with Gasteiger partial charge in [-0.2, -0.15) is 0 Å². The Kier molecular flexibility index (Phi) is 3.49. The highest BCUT2D eigenvalue weighted by Gasteiger charge is 2.05. The van der Waals surface area contributed by atoms with Crippen LogP contribution in [0.2, 0.25) is 0 Å². The molecule has 0 amide bonds. The van der Waals surface area contributed by atoms with Crippen LogP contribution in [-0.4, -0.2) is 21.8 Å². The predicted molar refractivity (Wildman–Crippen MR) is 55.6 cm³/mol. The second kappa shape index (κ2) is 4.43. The van der Waals surface area contributed by atoms with Crippen LogP contribution >= 0.6 is 0 Å². The SMILES string of the molecule is COCc1ccccc1NS(C)(=O)=O. The number of rotatable bonds is 4. The maximum absolute atomic E-state index is 11.0. The average Bonchev–Trinajstić information content (AvgIpc) is 2.06. The molecule has 14 heavy (non-hydrogen) atoms. The van der Waals surface area contributed by atoms with Gasteiger partial charge in [0.2, 0.25) is 10.0 Å². The first-order chi connectivity index (χ1) is 6.53. The number of ether oxygens (including phenoxy) is 1. The number of methoxy groups -OCH3 is 1. The number of hydrogen-bond donors (Lipinski definition) is 1. The third kappa shape index (κ3) is 3.35. The van der Waals surface area contributed by atoms with E-state index in [1.165, 1.54) is 0 Å². The molecule has 0 spiro atoms. The molecule has 5 heteroatoms. The summed E-state index contributed by atoms with van der Waals surface area (Å²) in [7, 11) is -1.66. The molecule has 1 rings (SSSR count). The van der Waals surface area contributed by atoms with E-state index in [1.807, 2.05) is 12.1 Å². The van der Waals surface area contributed by atoms with Crippen LogP contribution in [0.4, 0.5) is 5.69 Å². The van der Waals surface area contributed by atoms with Gasteiger partial charge in [-0.1, -0.05) is 18.2 Å². The van der Waals surface area contributed by atoms with Gasteiger partial charge in [-0.15, -0.1) is 0 Å². The lowest BCUT2D eigenvalue weighted by atomic mass is 10.2. The predicted octanol–water partition coefficient (Wildman–Crippen LogP) is 1.20. The summed E-state index contributed by atoms with van der Waals surface area (Å²) in [6, 6.07) is 7.13. The molecule has 0 aliphatic carbocycles. The van der Waals surface area contributed by atoms with Crippen molar-refractivity contribution in [1.29, 1.82) is 0 Å². The maximum atomic E-state index is 11.0. The highest BCUT2D eigenvalue weighted by atomic mass is 32.2. The van der Waals surface area contributed by atoms with Crippen molar-refractivity contribution < 1.29 is 13.2 Å². The quantitative estimate of drug-likeness (QED) is 0.821. The Morgan fingerprint density at radius 2 is 2.00 bits per heavy atom. The van der Waals surface area contributed by atoms with E-state index in [1.54, 1.807) is 19.2 Å². The second-order valence-electron chi connectivity index (χ2n) is 2.96. The van der Waals surface area contributed by atoms with E-state index in [0.717, 1.165) is 11.8 Å². The monoisotopic (exact) mass is 215 g/mol. The zero-order valence-electron chi connectivity index (χ0n) is 8.15. The molecule has 0 radical (unpaired) electrons. The van der Waals surface area contributed by atoms with Gasteiger partial charge in [-0.25, -0.2) is 8.42 Å². The molecular formula is C9H13NO3S. The molecule has 0 atom stereocenters. The Balaban J connectivity index is 2.95. The fourth-order valence-corrected chi connectivity index (χ4v) is 1.70. The number of benzene rings is 1. The molecule has 0 aliphatic rings. The van der Waals surface area contributed by atoms with Crippen LogP contribution in [0.25, 0.3) is 0 Å². The Hall–Kier alpha value is -1.07. The Bertz CT molecular complexity index is 400. The van der Waals surface area contributed by atoms with Crippen LogP contribution in [0.3, 0.4) is 0 Å². The summed E-state index contributed by atoms with van der Waals surface area (Å²) in [4.78, 5) is 0. The molecule has 1 aromatic rings. The summed E-state index contributed by atoms with van der Waals surface area (Å²) < 4.78 is 29.4. The zero-order valence-corrected chi connectivity index (χ0v) is 8.97. The van der Waals surface area contributed by atoms with E-state index >= 15 is 0 Å². The summed E-state index contributed by atoms with van der Waals surface area (Å²) in [5, 5.41) is 0. The number of para-hydroxylation sites is 1. The third-order valence-electron chi connectivity index (χ3n) is 1.61. The average molecular weight is 215 g/mol. The second-order valence-corrected chi connectivity index (χ2v) is 4.71. The van der Waals surface area contributed by atoms with Gasteiger partial charge in [-0.3, -0.25) is 4.72 Å². The molecule has 78 valence electrons. The van der Waals surface area contributed by atoms with Crippen molar-refractivity contribution in [3.05, 3.63) is 29.8 Å². The zero-order chi connectivity index (χ0) is 10.6. The normalized spacial score (nSPS) is 11.3. The number of anilines is 1. The lowest BCUT2D eigenvalue weighted by Crippen LogP contribution is -2.11. The van der Waals surface area contributed by atoms with Crippen molar-refractivity contribution in [2.75, 3.05) is 18.1 Å². The van der Waals surface area contributed by atoms with Gasteiger partial charge < -0.3 is 4.74 Å². The molecular weight excluding hydrogens is 202 g/mol. The minimum Gasteiger partial charge on any atom is -0.380 e. The van der Waals surface area contributed by atoms with E-state index < -0.39 is 10.0 Å². The lowest BCUT2D eigenvalue weighted by Gasteiger charge is -2.09. The van der Waals surface area contributed by atoms with Crippen molar-refractivity contribution in [1.82, 2.24) is 0 Å². The van der Waals surface area contributed by atoms with Crippen molar-refractivity contribution in [2.45, 2.75) is 6.61 Å². The maximum Gasteiger partial charge on any atom is 0.229 e. The van der Waals surface area contributed by atoms with Crippen LogP contribution in [0.5, 0.6) is 0 Å². The fraction of sp³-hybridized carbons (Fsp3) is 0.333. The van der Waals surface area contributed by atoms with E-state index in [9.17, 15) is 8.42 Å². The summed E-state index contributed by atoms with van der Waals surface area (Å²) in [5.74, 6) is 0. The third-order valence-corrected chi connectivity index (χ3v) is 2.20. The molecule has 4 nitrogen and oxygen atoms in total. The van der Waals surface area contributed by atoms with E-state index in [4.69, 9.17) is 4.74 Å². The van der Waals surface area contributed by atoms with Gasteiger partial charge in [0.15, 0.2) is 0 Å². The number of nitrogens with one attached hydrogen (secondary N) is 1. The molecule has 0 aromatic heterocycles. The fourth-order valence-electron chi connectivity index (χ4n) is 1.10. The summed E-state index contributed by atoms with van der Waals surface area (Å²) in [5.41, 5.74) is 1.39. The topological polar surface area (TPSA) is 55.4 Å². The summed E-state index contributed by atoms with van der Waals surface area (Å²) in [6.07, 6.45) is 1.12. The van der Waals surface area contributed by atoms with Crippen LogP contribution in [-0.2, 0) is 21.4 Å². The molecule has 0 aliphatic heterocycles. The lowest BCUT2D eigenvalue weighted by molar-refractivity contribution is 0.185. The molecule has 0 fully saturated rings. The molecule has 0 saturated carbocycles. The highest BCUT2D eigenvalue weighted by molar-refractivity contribution is 7.92. The van der Waals surface area contributed by atoms with Crippen LogP contribution in [0, 0.1) is 0 Å². The first kappa shape index (κ1) is 11.0. The van der Waals surface area contributed by atoms with Gasteiger partial charge in [0.05, 0.1) is 18.6 Å². The van der Waals surface area contributed by atoms with Gasteiger partial charge in [0.1, 0.15) is 0 Å². The van der Waals surface area contributed by atoms with E-state index in [-0.39, 0.29) is 0 Å². The molecule has 0 heterocycles. The molecule has 1 N–H and O–H groups in total. The summed E-state index contributed by atoms with van der Waals surface area (Å²) in [6.45, 7) is 0.388. The van der Waals surface area contributed by atoms with Crippen molar-refractivity contribution >= 4 is 15.7 Å². The number of sulfonamides is 1. The highest BCUT2D eigenvalue weighted by Crippen LogP contribution is 2.16. The van der Waals surface area contributed by atoms with E-state index in [2.05, 4.69) is 4.72 Å². The molecule has 0 unspecified atom stereocenters. The van der Waals surface area contributed by atoms with Crippen molar-refractivity contribution in [2.24, 2.45) is 0 Å². The smallest absolute Gasteiger partial charge is 0.229 e. The minimum atomic E-state index is -3.22. The molecule has 0 bridgehead atoms. The Morgan fingerprint density at radius 3 is 2.57 bits per heavy atom. The van der Waals surface area contributed by atoms with Gasteiger partial charge in [0.25, 0.3) is 0 Å². The first-order valence-electron chi connectivity index (χ1n) is 4.07. The number of hydrogen-bond acceptors (Lipinski definition) is 3. The van der Waals surface area contributed by atoms with Crippen molar-refractivity contribution in [3.63, 3.8) is 0 Å². The molecule has 1 aromatic carbocycles. The molecule has 0 saturated heterocycles. The van der Waals surface area contributed by atoms with Crippen LogP contribution in [0.1, 0.15) is 5.56 Å².